The summed E-state index contributed by atoms with van der Waals surface area (Å²) in [5, 5.41) is 5.88. The quantitative estimate of drug-likeness (QED) is 0.345. The monoisotopic (exact) mass is 284 g/mol. The van der Waals surface area contributed by atoms with Crippen molar-refractivity contribution in [2.75, 3.05) is 13.1 Å². The second kappa shape index (κ2) is 10.5. The Hall–Kier alpha value is -1.26. The fourth-order valence-electron chi connectivity index (χ4n) is 1.79. The molecule has 0 bridgehead atoms. The van der Waals surface area contributed by atoms with Gasteiger partial charge in [-0.25, -0.2) is 4.99 Å². The van der Waals surface area contributed by atoms with Gasteiger partial charge in [-0.1, -0.05) is 39.0 Å². The molecule has 0 aromatic carbocycles. The van der Waals surface area contributed by atoms with Crippen molar-refractivity contribution in [3.63, 3.8) is 0 Å². The fraction of sp³-hybridized carbons (Fsp3) is 0.867. The molecule has 0 radical (unpaired) electrons. The van der Waals surface area contributed by atoms with E-state index in [0.717, 1.165) is 13.0 Å². The summed E-state index contributed by atoms with van der Waals surface area (Å²) in [5.74, 6) is 0.240. The van der Waals surface area contributed by atoms with Crippen LogP contribution in [0.15, 0.2) is 4.99 Å². The van der Waals surface area contributed by atoms with Gasteiger partial charge in [0.15, 0.2) is 5.96 Å². The van der Waals surface area contributed by atoms with Gasteiger partial charge in [0.05, 0.1) is 0 Å². The van der Waals surface area contributed by atoms with E-state index in [1.807, 2.05) is 20.8 Å². The summed E-state index contributed by atoms with van der Waals surface area (Å²) < 4.78 is 0. The predicted molar refractivity (Wildman–Crippen MR) is 85.8 cm³/mol. The molecule has 0 aliphatic rings. The number of amides is 1. The molecule has 1 amide bonds. The zero-order valence-electron chi connectivity index (χ0n) is 13.6. The van der Waals surface area contributed by atoms with E-state index in [1.165, 1.54) is 32.1 Å². The van der Waals surface area contributed by atoms with Gasteiger partial charge in [-0.15, -0.1) is 0 Å². The van der Waals surface area contributed by atoms with E-state index in [-0.39, 0.29) is 18.0 Å². The number of hydrogen-bond donors (Lipinski definition) is 3. The van der Waals surface area contributed by atoms with E-state index in [2.05, 4.69) is 22.5 Å². The van der Waals surface area contributed by atoms with E-state index >= 15 is 0 Å². The maximum absolute atomic E-state index is 11.5. The largest absolute Gasteiger partial charge is 0.370 e. The third-order valence-electron chi connectivity index (χ3n) is 2.74. The summed E-state index contributed by atoms with van der Waals surface area (Å²) in [6.07, 6.45) is 7.49. The number of aliphatic imine (C=N–C) groups is 1. The zero-order chi connectivity index (χ0) is 15.4. The molecule has 0 heterocycles. The Morgan fingerprint density at radius 1 is 1.10 bits per heavy atom. The molecule has 0 atom stereocenters. The third-order valence-corrected chi connectivity index (χ3v) is 2.74. The van der Waals surface area contributed by atoms with Crippen LogP contribution in [0.25, 0.3) is 0 Å². The van der Waals surface area contributed by atoms with Gasteiger partial charge in [0.25, 0.3) is 0 Å². The van der Waals surface area contributed by atoms with Crippen molar-refractivity contribution in [1.29, 1.82) is 0 Å². The standard InChI is InChI=1S/C15H32N4O/c1-5-6-7-8-9-10-11-17-14(16)18-12-13(20)19-15(2,3)4/h5-12H2,1-4H3,(H,19,20)(H3,16,17,18). The number of nitrogens with one attached hydrogen (secondary N) is 2. The molecule has 0 unspecified atom stereocenters. The van der Waals surface area contributed by atoms with Crippen LogP contribution >= 0.6 is 0 Å². The van der Waals surface area contributed by atoms with Gasteiger partial charge >= 0.3 is 0 Å². The maximum atomic E-state index is 11.5. The molecule has 0 rings (SSSR count). The molecule has 0 fully saturated rings. The lowest BCUT2D eigenvalue weighted by molar-refractivity contribution is -0.121. The first-order chi connectivity index (χ1) is 9.35. The summed E-state index contributed by atoms with van der Waals surface area (Å²) in [4.78, 5) is 15.6. The van der Waals surface area contributed by atoms with E-state index < -0.39 is 0 Å². The number of carbonyl (C=O) groups excluding carboxylic acids is 1. The molecule has 0 aliphatic carbocycles. The number of carbonyl (C=O) groups is 1. The van der Waals surface area contributed by atoms with Gasteiger partial charge in [-0.2, -0.15) is 0 Å². The molecule has 0 aromatic heterocycles. The summed E-state index contributed by atoms with van der Waals surface area (Å²) in [6.45, 7) is 8.93. The highest BCUT2D eigenvalue weighted by atomic mass is 16.2. The van der Waals surface area contributed by atoms with Crippen molar-refractivity contribution < 1.29 is 4.79 Å². The summed E-state index contributed by atoms with van der Waals surface area (Å²) in [5.41, 5.74) is 5.48. The first-order valence-electron chi connectivity index (χ1n) is 7.70. The summed E-state index contributed by atoms with van der Waals surface area (Å²) >= 11 is 0. The van der Waals surface area contributed by atoms with Gasteiger partial charge in [-0.3, -0.25) is 4.79 Å². The van der Waals surface area contributed by atoms with Crippen LogP contribution in [0.1, 0.15) is 66.2 Å². The molecule has 5 nitrogen and oxygen atoms in total. The van der Waals surface area contributed by atoms with Gasteiger partial charge in [0, 0.05) is 12.1 Å². The summed E-state index contributed by atoms with van der Waals surface area (Å²) in [6, 6.07) is 0. The highest BCUT2D eigenvalue weighted by Gasteiger charge is 2.12. The molecular weight excluding hydrogens is 252 g/mol. The average molecular weight is 284 g/mol. The minimum atomic E-state index is -0.229. The second-order valence-corrected chi connectivity index (χ2v) is 6.19. The molecule has 0 aliphatic heterocycles. The number of nitrogens with zero attached hydrogens (tertiary/aromatic N) is 1. The van der Waals surface area contributed by atoms with Crippen LogP contribution in [0.5, 0.6) is 0 Å². The lowest BCUT2D eigenvalue weighted by atomic mass is 10.1. The van der Waals surface area contributed by atoms with E-state index in [4.69, 9.17) is 5.73 Å². The number of nitrogens with two attached hydrogens (primary N) is 1. The molecule has 5 heteroatoms. The molecule has 0 saturated carbocycles. The molecule has 4 N–H and O–H groups in total. The predicted octanol–water partition coefficient (Wildman–Crippen LogP) is 2.17. The molecule has 0 spiro atoms. The van der Waals surface area contributed by atoms with Crippen molar-refractivity contribution in [3.8, 4) is 0 Å². The Kier molecular flexibility index (Phi) is 9.86. The number of guanidine groups is 1. The second-order valence-electron chi connectivity index (χ2n) is 6.19. The Labute approximate surface area is 123 Å². The Morgan fingerprint density at radius 2 is 1.70 bits per heavy atom. The van der Waals surface area contributed by atoms with E-state index in [0.29, 0.717) is 5.96 Å². The normalized spacial score (nSPS) is 12.3. The van der Waals surface area contributed by atoms with Crippen LogP contribution < -0.4 is 16.4 Å². The Balaban J connectivity index is 3.63. The van der Waals surface area contributed by atoms with Crippen LogP contribution in [0.4, 0.5) is 0 Å². The molecular formula is C15H32N4O. The van der Waals surface area contributed by atoms with Crippen molar-refractivity contribution in [2.45, 2.75) is 71.8 Å². The molecule has 0 aromatic rings. The average Bonchev–Trinajstić information content (AvgIpc) is 2.33. The molecule has 118 valence electrons. The van der Waals surface area contributed by atoms with Crippen LogP contribution in [0.3, 0.4) is 0 Å². The smallest absolute Gasteiger partial charge is 0.242 e. The number of rotatable bonds is 9. The third kappa shape index (κ3) is 13.2. The van der Waals surface area contributed by atoms with Crippen LogP contribution in [-0.2, 0) is 4.79 Å². The zero-order valence-corrected chi connectivity index (χ0v) is 13.6. The van der Waals surface area contributed by atoms with Crippen molar-refractivity contribution in [3.05, 3.63) is 0 Å². The lowest BCUT2D eigenvalue weighted by Gasteiger charge is -2.19. The minimum absolute atomic E-state index is 0.0760. The van der Waals surface area contributed by atoms with Gasteiger partial charge in [0.2, 0.25) is 5.91 Å². The molecule has 20 heavy (non-hydrogen) atoms. The van der Waals surface area contributed by atoms with Crippen molar-refractivity contribution in [1.82, 2.24) is 10.6 Å². The first-order valence-corrected chi connectivity index (χ1v) is 7.70. The minimum Gasteiger partial charge on any atom is -0.370 e. The first kappa shape index (κ1) is 18.7. The van der Waals surface area contributed by atoms with Crippen LogP contribution in [0.2, 0.25) is 0 Å². The van der Waals surface area contributed by atoms with Crippen molar-refractivity contribution >= 4 is 11.9 Å². The van der Waals surface area contributed by atoms with Crippen LogP contribution in [-0.4, -0.2) is 30.5 Å². The highest BCUT2D eigenvalue weighted by Crippen LogP contribution is 2.03. The highest BCUT2D eigenvalue weighted by molar-refractivity contribution is 5.84. The molecule has 0 saturated heterocycles. The fourth-order valence-corrected chi connectivity index (χ4v) is 1.79. The summed E-state index contributed by atoms with van der Waals surface area (Å²) in [7, 11) is 0. The SMILES string of the molecule is CCCCCCCCNC(N)=NCC(=O)NC(C)(C)C. The van der Waals surface area contributed by atoms with E-state index in [9.17, 15) is 4.79 Å². The number of hydrogen-bond acceptors (Lipinski definition) is 2. The van der Waals surface area contributed by atoms with Crippen molar-refractivity contribution in [2.24, 2.45) is 10.7 Å². The van der Waals surface area contributed by atoms with Gasteiger partial charge in [-0.05, 0) is 27.2 Å². The van der Waals surface area contributed by atoms with Crippen LogP contribution in [0, 0.1) is 0 Å². The van der Waals surface area contributed by atoms with Gasteiger partial charge in [0.1, 0.15) is 6.54 Å². The maximum Gasteiger partial charge on any atom is 0.242 e. The topological polar surface area (TPSA) is 79.5 Å². The lowest BCUT2D eigenvalue weighted by Crippen LogP contribution is -2.42. The van der Waals surface area contributed by atoms with Gasteiger partial charge < -0.3 is 16.4 Å². The Morgan fingerprint density at radius 3 is 2.30 bits per heavy atom. The Bertz CT molecular complexity index is 295. The van der Waals surface area contributed by atoms with E-state index in [1.54, 1.807) is 0 Å². The number of unbranched alkanes of at least 4 members (excludes halogenated alkanes) is 5.